The molecule has 51 heavy (non-hydrogen) atoms. The van der Waals surface area contributed by atoms with Crippen molar-refractivity contribution >= 4 is 66.3 Å². The van der Waals surface area contributed by atoms with Crippen LogP contribution in [0.2, 0.25) is 0 Å². The molecule has 0 N–H and O–H groups in total. The quantitative estimate of drug-likeness (QED) is 0.159. The SMILES string of the molecule is c1ccc(-c2c(-c3ccc(N(c4ccccc4)c4ccccc4)c4ccccc34)sc3ccc(N(c4ccccc4)c4ccccc4)cc23)cc1. The van der Waals surface area contributed by atoms with Gasteiger partial charge in [0, 0.05) is 59.9 Å². The second kappa shape index (κ2) is 13.5. The largest absolute Gasteiger partial charge is 0.310 e. The molecule has 0 saturated heterocycles. The third kappa shape index (κ3) is 5.74. The van der Waals surface area contributed by atoms with Crippen LogP contribution in [0.3, 0.4) is 0 Å². The van der Waals surface area contributed by atoms with Gasteiger partial charge in [-0.25, -0.2) is 0 Å². The van der Waals surface area contributed by atoms with Crippen LogP contribution in [0.25, 0.3) is 42.4 Å². The standard InChI is InChI=1S/C48H34N2S/c1-6-18-35(19-7-1)47-44-34-40(49(36-20-8-2-9-21-36)37-22-10-3-11-23-37)30-33-46(44)51-48(47)43-31-32-45(42-29-17-16-28-41(42)43)50(38-24-12-4-13-25-38)39-26-14-5-15-27-39/h1-34H. The topological polar surface area (TPSA) is 6.48 Å². The van der Waals surface area contributed by atoms with Crippen molar-refractivity contribution in [1.29, 1.82) is 0 Å². The van der Waals surface area contributed by atoms with Crippen LogP contribution >= 0.6 is 11.3 Å². The molecule has 242 valence electrons. The summed E-state index contributed by atoms with van der Waals surface area (Å²) in [6.07, 6.45) is 0. The number of rotatable bonds is 8. The zero-order valence-corrected chi connectivity index (χ0v) is 28.7. The Morgan fingerprint density at radius 3 is 1.35 bits per heavy atom. The van der Waals surface area contributed by atoms with Crippen molar-refractivity contribution in [3.05, 3.63) is 206 Å². The van der Waals surface area contributed by atoms with E-state index in [2.05, 4.69) is 216 Å². The van der Waals surface area contributed by atoms with Gasteiger partial charge >= 0.3 is 0 Å². The first-order valence-electron chi connectivity index (χ1n) is 17.3. The fourth-order valence-corrected chi connectivity index (χ4v) is 8.41. The van der Waals surface area contributed by atoms with Gasteiger partial charge in [0.05, 0.1) is 5.69 Å². The summed E-state index contributed by atoms with van der Waals surface area (Å²) in [6.45, 7) is 0. The summed E-state index contributed by atoms with van der Waals surface area (Å²) < 4.78 is 1.26. The van der Waals surface area contributed by atoms with Crippen molar-refractivity contribution in [3.8, 4) is 21.6 Å². The molecule has 9 aromatic rings. The molecule has 9 rings (SSSR count). The second-order valence-electron chi connectivity index (χ2n) is 12.5. The number of para-hydroxylation sites is 4. The van der Waals surface area contributed by atoms with Crippen LogP contribution < -0.4 is 9.80 Å². The van der Waals surface area contributed by atoms with Crippen molar-refractivity contribution in [2.75, 3.05) is 9.80 Å². The van der Waals surface area contributed by atoms with Gasteiger partial charge in [0.15, 0.2) is 0 Å². The first-order chi connectivity index (χ1) is 25.3. The normalized spacial score (nSPS) is 11.1. The van der Waals surface area contributed by atoms with E-state index in [0.717, 1.165) is 34.1 Å². The van der Waals surface area contributed by atoms with Gasteiger partial charge in [0.1, 0.15) is 0 Å². The van der Waals surface area contributed by atoms with Crippen LogP contribution in [0.4, 0.5) is 34.1 Å². The Labute approximate surface area is 302 Å². The van der Waals surface area contributed by atoms with E-state index in [9.17, 15) is 0 Å². The summed E-state index contributed by atoms with van der Waals surface area (Å²) in [7, 11) is 0. The Kier molecular flexibility index (Phi) is 8.09. The molecule has 8 aromatic carbocycles. The number of benzene rings is 8. The Morgan fingerprint density at radius 2 is 0.804 bits per heavy atom. The zero-order chi connectivity index (χ0) is 34.0. The maximum absolute atomic E-state index is 2.38. The maximum Gasteiger partial charge on any atom is 0.0540 e. The van der Waals surface area contributed by atoms with E-state index in [1.54, 1.807) is 0 Å². The first kappa shape index (κ1) is 30.6. The summed E-state index contributed by atoms with van der Waals surface area (Å²) in [5, 5.41) is 3.68. The van der Waals surface area contributed by atoms with Crippen LogP contribution in [0.1, 0.15) is 0 Å². The average molecular weight is 671 g/mol. The van der Waals surface area contributed by atoms with Gasteiger partial charge in [-0.2, -0.15) is 0 Å². The lowest BCUT2D eigenvalue weighted by Gasteiger charge is -2.27. The van der Waals surface area contributed by atoms with Gasteiger partial charge in [-0.05, 0) is 83.7 Å². The number of hydrogen-bond donors (Lipinski definition) is 0. The summed E-state index contributed by atoms with van der Waals surface area (Å²) in [5.74, 6) is 0. The van der Waals surface area contributed by atoms with E-state index in [1.807, 2.05) is 11.3 Å². The third-order valence-electron chi connectivity index (χ3n) is 9.44. The van der Waals surface area contributed by atoms with Gasteiger partial charge < -0.3 is 9.80 Å². The lowest BCUT2D eigenvalue weighted by Crippen LogP contribution is -2.10. The lowest BCUT2D eigenvalue weighted by atomic mass is 9.94. The van der Waals surface area contributed by atoms with E-state index in [0.29, 0.717) is 0 Å². The summed E-state index contributed by atoms with van der Waals surface area (Å²) in [5.41, 5.74) is 10.5. The van der Waals surface area contributed by atoms with Gasteiger partial charge in [0.2, 0.25) is 0 Å². The predicted octanol–water partition coefficient (Wildman–Crippen LogP) is 14.3. The molecule has 0 aliphatic carbocycles. The molecule has 0 amide bonds. The second-order valence-corrected chi connectivity index (χ2v) is 13.6. The predicted molar refractivity (Wildman–Crippen MR) is 220 cm³/mol. The maximum atomic E-state index is 2.38. The summed E-state index contributed by atoms with van der Waals surface area (Å²) >= 11 is 1.87. The van der Waals surface area contributed by atoms with Gasteiger partial charge in [-0.3, -0.25) is 0 Å². The highest BCUT2D eigenvalue weighted by Crippen LogP contribution is 2.50. The van der Waals surface area contributed by atoms with Crippen LogP contribution in [0.15, 0.2) is 206 Å². The fourth-order valence-electron chi connectivity index (χ4n) is 7.16. The van der Waals surface area contributed by atoms with Crippen molar-refractivity contribution in [3.63, 3.8) is 0 Å². The van der Waals surface area contributed by atoms with Gasteiger partial charge in [0.25, 0.3) is 0 Å². The highest BCUT2D eigenvalue weighted by atomic mass is 32.1. The molecule has 2 nitrogen and oxygen atoms in total. The Morgan fingerprint density at radius 1 is 0.333 bits per heavy atom. The molecule has 3 heteroatoms. The molecule has 0 fully saturated rings. The van der Waals surface area contributed by atoms with E-state index in [1.165, 1.54) is 42.4 Å². The first-order valence-corrected chi connectivity index (χ1v) is 18.1. The molecule has 0 aliphatic heterocycles. The zero-order valence-electron chi connectivity index (χ0n) is 27.9. The lowest BCUT2D eigenvalue weighted by molar-refractivity contribution is 1.29. The minimum atomic E-state index is 1.13. The van der Waals surface area contributed by atoms with E-state index >= 15 is 0 Å². The van der Waals surface area contributed by atoms with Crippen LogP contribution in [0.5, 0.6) is 0 Å². The number of anilines is 6. The molecule has 0 radical (unpaired) electrons. The molecule has 0 atom stereocenters. The smallest absolute Gasteiger partial charge is 0.0540 e. The van der Waals surface area contributed by atoms with Crippen molar-refractivity contribution < 1.29 is 0 Å². The molecular formula is C48H34N2S. The molecule has 0 saturated carbocycles. The van der Waals surface area contributed by atoms with Crippen molar-refractivity contribution in [1.82, 2.24) is 0 Å². The number of nitrogens with zero attached hydrogens (tertiary/aromatic N) is 2. The van der Waals surface area contributed by atoms with Crippen LogP contribution in [-0.2, 0) is 0 Å². The summed E-state index contributed by atoms with van der Waals surface area (Å²) in [6, 6.07) is 73.9. The van der Waals surface area contributed by atoms with Crippen molar-refractivity contribution in [2.24, 2.45) is 0 Å². The highest BCUT2D eigenvalue weighted by molar-refractivity contribution is 7.23. The summed E-state index contributed by atoms with van der Waals surface area (Å²) in [4.78, 5) is 5.98. The van der Waals surface area contributed by atoms with E-state index in [4.69, 9.17) is 0 Å². The Bertz CT molecular complexity index is 2490. The molecule has 0 bridgehead atoms. The molecule has 0 spiro atoms. The van der Waals surface area contributed by atoms with Crippen LogP contribution in [-0.4, -0.2) is 0 Å². The number of hydrogen-bond acceptors (Lipinski definition) is 3. The fraction of sp³-hybridized carbons (Fsp3) is 0. The average Bonchev–Trinajstić information content (AvgIpc) is 3.59. The molecule has 1 heterocycles. The molecule has 1 aromatic heterocycles. The van der Waals surface area contributed by atoms with E-state index in [-0.39, 0.29) is 0 Å². The van der Waals surface area contributed by atoms with Crippen molar-refractivity contribution in [2.45, 2.75) is 0 Å². The molecule has 0 aliphatic rings. The molecular weight excluding hydrogens is 637 g/mol. The minimum absolute atomic E-state index is 1.13. The van der Waals surface area contributed by atoms with E-state index < -0.39 is 0 Å². The number of thiophene rings is 1. The molecule has 0 unspecified atom stereocenters. The Hall–Kier alpha value is -6.42. The van der Waals surface area contributed by atoms with Gasteiger partial charge in [-0.15, -0.1) is 11.3 Å². The third-order valence-corrected chi connectivity index (χ3v) is 10.6. The highest BCUT2D eigenvalue weighted by Gasteiger charge is 2.22. The minimum Gasteiger partial charge on any atom is -0.310 e. The number of fused-ring (bicyclic) bond motifs is 2. The van der Waals surface area contributed by atoms with Gasteiger partial charge in [-0.1, -0.05) is 133 Å². The Balaban J connectivity index is 1.27. The monoisotopic (exact) mass is 670 g/mol. The van der Waals surface area contributed by atoms with Crippen LogP contribution in [0, 0.1) is 0 Å².